The van der Waals surface area contributed by atoms with Crippen LogP contribution in [0.25, 0.3) is 0 Å². The molecule has 1 saturated carbocycles. The zero-order valence-corrected chi connectivity index (χ0v) is 19.9. The van der Waals surface area contributed by atoms with Gasteiger partial charge >= 0.3 is 0 Å². The SMILES string of the molecule is Cl.Cn1c(C2CCN(Cc3c(Cl)cccc3Cl)CC2)nnc1C1(c2ccccc2)CC1. The third-order valence-corrected chi connectivity index (χ3v) is 7.52. The first kappa shape index (κ1) is 22.6. The number of likely N-dealkylation sites (tertiary alicyclic amines) is 1. The third-order valence-electron chi connectivity index (χ3n) is 6.81. The van der Waals surface area contributed by atoms with Crippen molar-refractivity contribution in [3.8, 4) is 0 Å². The van der Waals surface area contributed by atoms with Gasteiger partial charge in [-0.05, 0) is 56.5 Å². The molecule has 2 fully saturated rings. The second kappa shape index (κ2) is 9.11. The van der Waals surface area contributed by atoms with Gasteiger partial charge in [-0.2, -0.15) is 0 Å². The molecule has 31 heavy (non-hydrogen) atoms. The van der Waals surface area contributed by atoms with Crippen LogP contribution in [0.2, 0.25) is 10.0 Å². The number of rotatable bonds is 5. The molecule has 4 nitrogen and oxygen atoms in total. The molecule has 2 aromatic carbocycles. The number of piperidine rings is 1. The first-order valence-electron chi connectivity index (χ1n) is 10.7. The lowest BCUT2D eigenvalue weighted by Gasteiger charge is -2.32. The summed E-state index contributed by atoms with van der Waals surface area (Å²) in [5, 5.41) is 10.8. The lowest BCUT2D eigenvalue weighted by Crippen LogP contribution is -2.33. The molecule has 3 aromatic rings. The summed E-state index contributed by atoms with van der Waals surface area (Å²) in [5.41, 5.74) is 2.44. The fourth-order valence-electron chi connectivity index (χ4n) is 4.89. The van der Waals surface area contributed by atoms with Crippen molar-refractivity contribution in [2.24, 2.45) is 7.05 Å². The Labute approximate surface area is 200 Å². The molecular formula is C24H27Cl3N4. The summed E-state index contributed by atoms with van der Waals surface area (Å²) < 4.78 is 2.27. The predicted octanol–water partition coefficient (Wildman–Crippen LogP) is 6.00. The molecule has 2 heterocycles. The summed E-state index contributed by atoms with van der Waals surface area (Å²) in [6.45, 7) is 2.82. The minimum atomic E-state index is 0. The molecule has 5 rings (SSSR count). The summed E-state index contributed by atoms with van der Waals surface area (Å²) in [5.74, 6) is 2.69. The quantitative estimate of drug-likeness (QED) is 0.452. The van der Waals surface area contributed by atoms with Crippen molar-refractivity contribution in [1.82, 2.24) is 19.7 Å². The molecule has 0 N–H and O–H groups in total. The summed E-state index contributed by atoms with van der Waals surface area (Å²) in [6, 6.07) is 16.5. The Morgan fingerprint density at radius 1 is 0.935 bits per heavy atom. The van der Waals surface area contributed by atoms with Gasteiger partial charge in [0.15, 0.2) is 0 Å². The maximum Gasteiger partial charge on any atom is 0.143 e. The van der Waals surface area contributed by atoms with Gasteiger partial charge in [-0.3, -0.25) is 4.90 Å². The first-order valence-corrected chi connectivity index (χ1v) is 11.4. The summed E-state index contributed by atoms with van der Waals surface area (Å²) in [6.07, 6.45) is 4.46. The van der Waals surface area contributed by atoms with Crippen LogP contribution in [0.15, 0.2) is 48.5 Å². The minimum absolute atomic E-state index is 0. The van der Waals surface area contributed by atoms with E-state index in [2.05, 4.69) is 57.0 Å². The van der Waals surface area contributed by atoms with E-state index < -0.39 is 0 Å². The van der Waals surface area contributed by atoms with E-state index in [0.717, 1.165) is 72.6 Å². The van der Waals surface area contributed by atoms with Gasteiger partial charge in [0.05, 0.1) is 5.41 Å². The number of halogens is 3. The highest BCUT2D eigenvalue weighted by Gasteiger charge is 2.50. The Hall–Kier alpha value is -1.59. The van der Waals surface area contributed by atoms with E-state index in [1.54, 1.807) is 0 Å². The summed E-state index contributed by atoms with van der Waals surface area (Å²) >= 11 is 12.7. The van der Waals surface area contributed by atoms with Crippen LogP contribution in [0.3, 0.4) is 0 Å². The molecule has 1 aliphatic carbocycles. The van der Waals surface area contributed by atoms with Crippen molar-refractivity contribution in [3.63, 3.8) is 0 Å². The zero-order chi connectivity index (χ0) is 20.7. The van der Waals surface area contributed by atoms with Crippen LogP contribution in [0.4, 0.5) is 0 Å². The molecule has 2 aliphatic rings. The molecule has 0 bridgehead atoms. The van der Waals surface area contributed by atoms with E-state index in [1.165, 1.54) is 5.56 Å². The maximum absolute atomic E-state index is 6.36. The normalized spacial score (nSPS) is 18.5. The Kier molecular flexibility index (Phi) is 6.64. The van der Waals surface area contributed by atoms with E-state index in [4.69, 9.17) is 23.2 Å². The smallest absolute Gasteiger partial charge is 0.143 e. The molecule has 0 radical (unpaired) electrons. The van der Waals surface area contributed by atoms with Crippen molar-refractivity contribution in [2.75, 3.05) is 13.1 Å². The van der Waals surface area contributed by atoms with Gasteiger partial charge in [-0.15, -0.1) is 22.6 Å². The van der Waals surface area contributed by atoms with Gasteiger partial charge in [0.2, 0.25) is 0 Å². The predicted molar refractivity (Wildman–Crippen MR) is 128 cm³/mol. The highest BCUT2D eigenvalue weighted by molar-refractivity contribution is 6.35. The Morgan fingerprint density at radius 2 is 1.58 bits per heavy atom. The van der Waals surface area contributed by atoms with Crippen molar-refractivity contribution >= 4 is 35.6 Å². The van der Waals surface area contributed by atoms with E-state index in [1.807, 2.05) is 18.2 Å². The van der Waals surface area contributed by atoms with E-state index >= 15 is 0 Å². The topological polar surface area (TPSA) is 34.0 Å². The van der Waals surface area contributed by atoms with Crippen LogP contribution in [-0.2, 0) is 19.0 Å². The van der Waals surface area contributed by atoms with Crippen LogP contribution in [0.5, 0.6) is 0 Å². The van der Waals surface area contributed by atoms with Crippen LogP contribution in [0.1, 0.15) is 54.4 Å². The van der Waals surface area contributed by atoms with Crippen molar-refractivity contribution in [2.45, 2.75) is 43.6 Å². The van der Waals surface area contributed by atoms with Gasteiger partial charge in [0, 0.05) is 35.1 Å². The van der Waals surface area contributed by atoms with Gasteiger partial charge in [-0.25, -0.2) is 0 Å². The largest absolute Gasteiger partial charge is 0.317 e. The second-order valence-corrected chi connectivity index (χ2v) is 9.45. The van der Waals surface area contributed by atoms with Gasteiger partial charge in [0.25, 0.3) is 0 Å². The molecule has 0 unspecified atom stereocenters. The standard InChI is InChI=1S/C24H26Cl2N4.ClH/c1-29-22(27-28-23(29)24(12-13-24)18-6-3-2-4-7-18)17-10-14-30(15-11-17)16-19-20(25)8-5-9-21(19)26;/h2-9,17H,10-16H2,1H3;1H. The van der Waals surface area contributed by atoms with Crippen molar-refractivity contribution < 1.29 is 0 Å². The van der Waals surface area contributed by atoms with Crippen molar-refractivity contribution in [3.05, 3.63) is 81.4 Å². The average Bonchev–Trinajstić information content (AvgIpc) is 3.48. The molecule has 0 amide bonds. The molecule has 1 aromatic heterocycles. The number of hydrogen-bond acceptors (Lipinski definition) is 3. The zero-order valence-electron chi connectivity index (χ0n) is 17.6. The molecule has 7 heteroatoms. The second-order valence-electron chi connectivity index (χ2n) is 8.64. The van der Waals surface area contributed by atoms with Crippen LogP contribution in [0, 0.1) is 0 Å². The average molecular weight is 478 g/mol. The molecule has 0 spiro atoms. The van der Waals surface area contributed by atoms with E-state index in [0.29, 0.717) is 5.92 Å². The maximum atomic E-state index is 6.36. The highest BCUT2D eigenvalue weighted by Crippen LogP contribution is 2.52. The van der Waals surface area contributed by atoms with Gasteiger partial charge < -0.3 is 4.57 Å². The monoisotopic (exact) mass is 476 g/mol. The van der Waals surface area contributed by atoms with E-state index in [9.17, 15) is 0 Å². The molecule has 164 valence electrons. The van der Waals surface area contributed by atoms with Crippen LogP contribution in [-0.4, -0.2) is 32.8 Å². The molecular weight excluding hydrogens is 451 g/mol. The highest BCUT2D eigenvalue weighted by atomic mass is 35.5. The lowest BCUT2D eigenvalue weighted by atomic mass is 9.93. The van der Waals surface area contributed by atoms with Gasteiger partial charge in [-0.1, -0.05) is 59.6 Å². The minimum Gasteiger partial charge on any atom is -0.317 e. The fourth-order valence-corrected chi connectivity index (χ4v) is 5.41. The summed E-state index contributed by atoms with van der Waals surface area (Å²) in [7, 11) is 2.14. The number of aromatic nitrogens is 3. The number of benzene rings is 2. The third kappa shape index (κ3) is 4.23. The Morgan fingerprint density at radius 3 is 2.19 bits per heavy atom. The Balaban J connectivity index is 0.00000231. The van der Waals surface area contributed by atoms with Crippen molar-refractivity contribution in [1.29, 1.82) is 0 Å². The molecule has 0 atom stereocenters. The van der Waals surface area contributed by atoms with Crippen LogP contribution < -0.4 is 0 Å². The number of nitrogens with zero attached hydrogens (tertiary/aromatic N) is 4. The first-order chi connectivity index (χ1) is 14.6. The molecule has 1 aliphatic heterocycles. The van der Waals surface area contributed by atoms with Crippen LogP contribution >= 0.6 is 35.6 Å². The van der Waals surface area contributed by atoms with Gasteiger partial charge in [0.1, 0.15) is 11.6 Å². The Bertz CT molecular complexity index is 1020. The number of hydrogen-bond donors (Lipinski definition) is 0. The summed E-state index contributed by atoms with van der Waals surface area (Å²) in [4.78, 5) is 2.44. The fraction of sp³-hybridized carbons (Fsp3) is 0.417. The molecule has 1 saturated heterocycles. The van der Waals surface area contributed by atoms with E-state index in [-0.39, 0.29) is 17.8 Å². The lowest BCUT2D eigenvalue weighted by molar-refractivity contribution is 0.200.